The van der Waals surface area contributed by atoms with Gasteiger partial charge in [0.15, 0.2) is 0 Å². The lowest BCUT2D eigenvalue weighted by atomic mass is 9.36. The molecule has 0 aromatic heterocycles. The maximum atomic E-state index is 5.51. The smallest absolute Gasteiger partial charge is 0.416 e. The molecule has 0 N–H and O–H groups in total. The van der Waals surface area contributed by atoms with Crippen molar-refractivity contribution >= 4 is 7.69 Å². The van der Waals surface area contributed by atoms with Crippen LogP contribution in [0.25, 0.3) is 0 Å². The molecule has 0 bridgehead atoms. The largest absolute Gasteiger partial charge is 0.488 e. The zero-order valence-corrected chi connectivity index (χ0v) is 8.96. The first-order valence-electron chi connectivity index (χ1n) is 5.00. The predicted molar refractivity (Wildman–Crippen MR) is 52.2 cm³/mol. The molecule has 3 heteroatoms. The number of rotatable bonds is 3. The Morgan fingerprint density at radius 3 is 2.38 bits per heavy atom. The zero-order valence-electron chi connectivity index (χ0n) is 8.96. The van der Waals surface area contributed by atoms with Gasteiger partial charge in [-0.3, -0.25) is 0 Å². The SMILES string of the molecule is CO[B]O[C@@H]1CC2C(C)(C)C[C@]21C. The summed E-state index contributed by atoms with van der Waals surface area (Å²) in [7, 11) is 3.10. The van der Waals surface area contributed by atoms with Crippen molar-refractivity contribution in [3.63, 3.8) is 0 Å². The molecule has 0 heterocycles. The molecule has 1 unspecified atom stereocenters. The van der Waals surface area contributed by atoms with E-state index < -0.39 is 0 Å². The first kappa shape index (κ1) is 9.54. The molecule has 13 heavy (non-hydrogen) atoms. The molecule has 0 aliphatic heterocycles. The molecule has 2 saturated carbocycles. The Labute approximate surface area is 81.3 Å². The highest BCUT2D eigenvalue weighted by Crippen LogP contribution is 2.70. The van der Waals surface area contributed by atoms with Crippen LogP contribution < -0.4 is 0 Å². The van der Waals surface area contributed by atoms with Crippen molar-refractivity contribution in [1.29, 1.82) is 0 Å². The van der Waals surface area contributed by atoms with Gasteiger partial charge in [-0.15, -0.1) is 0 Å². The second-order valence-corrected chi connectivity index (χ2v) is 5.42. The van der Waals surface area contributed by atoms with Crippen molar-refractivity contribution in [1.82, 2.24) is 0 Å². The minimum Gasteiger partial charge on any atom is -0.416 e. The Morgan fingerprint density at radius 1 is 1.31 bits per heavy atom. The summed E-state index contributed by atoms with van der Waals surface area (Å²) in [5.74, 6) is 0.857. The van der Waals surface area contributed by atoms with E-state index in [9.17, 15) is 0 Å². The Balaban J connectivity index is 1.88. The van der Waals surface area contributed by atoms with Gasteiger partial charge in [-0.2, -0.15) is 0 Å². The topological polar surface area (TPSA) is 18.5 Å². The molecule has 1 radical (unpaired) electrons. The van der Waals surface area contributed by atoms with Crippen LogP contribution in [0.4, 0.5) is 0 Å². The van der Waals surface area contributed by atoms with Crippen LogP contribution in [0.2, 0.25) is 0 Å². The van der Waals surface area contributed by atoms with E-state index in [1.54, 1.807) is 7.11 Å². The van der Waals surface area contributed by atoms with Crippen molar-refractivity contribution in [2.24, 2.45) is 16.7 Å². The molecule has 2 rings (SSSR count). The van der Waals surface area contributed by atoms with E-state index in [4.69, 9.17) is 9.31 Å². The van der Waals surface area contributed by atoms with Crippen molar-refractivity contribution in [3.8, 4) is 0 Å². The van der Waals surface area contributed by atoms with Gasteiger partial charge in [-0.05, 0) is 29.6 Å². The van der Waals surface area contributed by atoms with Crippen molar-refractivity contribution in [2.75, 3.05) is 7.11 Å². The molecule has 0 amide bonds. The lowest BCUT2D eigenvalue weighted by molar-refractivity contribution is -0.244. The third-order valence-corrected chi connectivity index (χ3v) is 4.08. The fraction of sp³-hybridized carbons (Fsp3) is 1.00. The van der Waals surface area contributed by atoms with E-state index >= 15 is 0 Å². The van der Waals surface area contributed by atoms with Crippen LogP contribution in [0.3, 0.4) is 0 Å². The standard InChI is InChI=1S/C10H18BO2/c1-9(2)6-10(3)7(9)5-8(10)13-11-12-4/h7-8H,5-6H2,1-4H3/t7?,8-,10-/m1/s1. The molecule has 2 aliphatic rings. The maximum Gasteiger partial charge on any atom is 0.488 e. The average Bonchev–Trinajstić information content (AvgIpc) is 2.02. The predicted octanol–water partition coefficient (Wildman–Crippen LogP) is 2.01. The summed E-state index contributed by atoms with van der Waals surface area (Å²) >= 11 is 0. The molecular formula is C10H18BO2. The summed E-state index contributed by atoms with van der Waals surface area (Å²) < 4.78 is 10.3. The van der Waals surface area contributed by atoms with Crippen LogP contribution in [0, 0.1) is 16.7 Å². The van der Waals surface area contributed by atoms with Crippen LogP contribution >= 0.6 is 0 Å². The molecular weight excluding hydrogens is 163 g/mol. The van der Waals surface area contributed by atoms with E-state index in [0.717, 1.165) is 5.92 Å². The first-order chi connectivity index (χ1) is 6.00. The van der Waals surface area contributed by atoms with Crippen molar-refractivity contribution < 1.29 is 9.31 Å². The number of hydrogen-bond donors (Lipinski definition) is 0. The van der Waals surface area contributed by atoms with E-state index in [2.05, 4.69) is 20.8 Å². The van der Waals surface area contributed by atoms with Gasteiger partial charge in [0.25, 0.3) is 0 Å². The first-order valence-corrected chi connectivity index (χ1v) is 5.00. The average molecular weight is 181 g/mol. The number of hydrogen-bond acceptors (Lipinski definition) is 2. The summed E-state index contributed by atoms with van der Waals surface area (Å²) in [6.45, 7) is 7.05. The lowest BCUT2D eigenvalue weighted by Crippen LogP contribution is -2.67. The summed E-state index contributed by atoms with van der Waals surface area (Å²) in [6, 6.07) is 0. The summed E-state index contributed by atoms with van der Waals surface area (Å²) in [5.41, 5.74) is 0.972. The van der Waals surface area contributed by atoms with E-state index in [0.29, 0.717) is 16.9 Å². The van der Waals surface area contributed by atoms with Crippen molar-refractivity contribution in [3.05, 3.63) is 0 Å². The van der Waals surface area contributed by atoms with Gasteiger partial charge >= 0.3 is 7.69 Å². The molecule has 0 aromatic carbocycles. The Hall–Kier alpha value is -0.0151. The second kappa shape index (κ2) is 2.74. The van der Waals surface area contributed by atoms with Gasteiger partial charge in [0.05, 0.1) is 0 Å². The molecule has 3 atom stereocenters. The molecule has 73 valence electrons. The van der Waals surface area contributed by atoms with Gasteiger partial charge in [0, 0.05) is 13.2 Å². The van der Waals surface area contributed by atoms with Crippen LogP contribution in [-0.2, 0) is 9.31 Å². The highest BCUT2D eigenvalue weighted by atomic mass is 16.6. The van der Waals surface area contributed by atoms with Gasteiger partial charge in [-0.1, -0.05) is 20.8 Å². The van der Waals surface area contributed by atoms with Gasteiger partial charge in [0.2, 0.25) is 0 Å². The fourth-order valence-electron chi connectivity index (χ4n) is 3.57. The molecule has 2 fully saturated rings. The van der Waals surface area contributed by atoms with Crippen LogP contribution in [0.15, 0.2) is 0 Å². The Bertz CT molecular complexity index is 217. The Kier molecular flexibility index (Phi) is 2.01. The number of fused-ring (bicyclic) bond motifs is 1. The third kappa shape index (κ3) is 1.17. The quantitative estimate of drug-likeness (QED) is 0.620. The van der Waals surface area contributed by atoms with Crippen LogP contribution in [-0.4, -0.2) is 20.9 Å². The van der Waals surface area contributed by atoms with Crippen molar-refractivity contribution in [2.45, 2.75) is 39.7 Å². The third-order valence-electron chi connectivity index (χ3n) is 4.08. The van der Waals surface area contributed by atoms with E-state index in [1.165, 1.54) is 20.5 Å². The summed E-state index contributed by atoms with van der Waals surface area (Å²) in [5, 5.41) is 0. The summed E-state index contributed by atoms with van der Waals surface area (Å²) in [4.78, 5) is 0. The molecule has 2 nitrogen and oxygen atoms in total. The van der Waals surface area contributed by atoms with Crippen LogP contribution in [0.5, 0.6) is 0 Å². The van der Waals surface area contributed by atoms with E-state index in [-0.39, 0.29) is 0 Å². The fourth-order valence-corrected chi connectivity index (χ4v) is 3.57. The van der Waals surface area contributed by atoms with Gasteiger partial charge < -0.3 is 9.31 Å². The summed E-state index contributed by atoms with van der Waals surface area (Å²) in [6.07, 6.45) is 2.88. The minimum absolute atomic E-state index is 0.394. The molecule has 0 spiro atoms. The minimum atomic E-state index is 0.394. The highest BCUT2D eigenvalue weighted by molar-refractivity contribution is 6.17. The molecule has 0 aromatic rings. The van der Waals surface area contributed by atoms with Gasteiger partial charge in [0.1, 0.15) is 0 Å². The highest BCUT2D eigenvalue weighted by Gasteiger charge is 2.66. The Morgan fingerprint density at radius 2 is 2.00 bits per heavy atom. The zero-order chi connectivity index (χ0) is 9.69. The van der Waals surface area contributed by atoms with Crippen LogP contribution in [0.1, 0.15) is 33.6 Å². The normalized spacial score (nSPS) is 45.8. The molecule has 2 aliphatic carbocycles. The second-order valence-electron chi connectivity index (χ2n) is 5.42. The van der Waals surface area contributed by atoms with E-state index in [1.807, 2.05) is 0 Å². The monoisotopic (exact) mass is 181 g/mol. The van der Waals surface area contributed by atoms with Gasteiger partial charge in [-0.25, -0.2) is 0 Å². The molecule has 0 saturated heterocycles. The lowest BCUT2D eigenvalue weighted by Gasteiger charge is -2.70. The maximum absolute atomic E-state index is 5.51.